The molecule has 0 aliphatic rings. The Morgan fingerprint density at radius 3 is 2.27 bits per heavy atom. The maximum Gasteiger partial charge on any atom is 0.326 e. The highest BCUT2D eigenvalue weighted by Gasteiger charge is 2.29. The number of carbonyl (C=O) groups is 4. The maximum atomic E-state index is 12.6. The number of amides is 3. The SMILES string of the molecule is NCCCCC(NC(=O)CN)C(=O)NC(CS)C(=O)NC(Cc1cnc[nH]1)C(=O)O. The van der Waals surface area contributed by atoms with Gasteiger partial charge in [-0.2, -0.15) is 12.6 Å². The van der Waals surface area contributed by atoms with Crippen LogP contribution in [0.4, 0.5) is 0 Å². The molecule has 1 rings (SSSR count). The van der Waals surface area contributed by atoms with Gasteiger partial charge in [-0.25, -0.2) is 9.78 Å². The molecular weight excluding hydrogens is 414 g/mol. The number of carboxylic acids is 1. The molecule has 0 radical (unpaired) electrons. The van der Waals surface area contributed by atoms with Crippen molar-refractivity contribution < 1.29 is 24.3 Å². The normalized spacial score (nSPS) is 13.7. The Hall–Kier alpha value is -2.64. The summed E-state index contributed by atoms with van der Waals surface area (Å²) in [6, 6.07) is -3.23. The number of rotatable bonds is 14. The van der Waals surface area contributed by atoms with Crippen LogP contribution in [0, 0.1) is 0 Å². The van der Waals surface area contributed by atoms with E-state index in [0.29, 0.717) is 31.5 Å². The first-order valence-corrected chi connectivity index (χ1v) is 10.1. The van der Waals surface area contributed by atoms with Crippen molar-refractivity contribution in [3.63, 3.8) is 0 Å². The fourth-order valence-electron chi connectivity index (χ4n) is 2.57. The number of unbranched alkanes of at least 4 members (excludes halogenated alkanes) is 1. The van der Waals surface area contributed by atoms with Crippen LogP contribution in [0.15, 0.2) is 12.5 Å². The number of nitrogens with zero attached hydrogens (tertiary/aromatic N) is 1. The average Bonchev–Trinajstić information content (AvgIpc) is 3.23. The first kappa shape index (κ1) is 25.4. The van der Waals surface area contributed by atoms with E-state index in [-0.39, 0.29) is 18.7 Å². The van der Waals surface area contributed by atoms with E-state index in [1.165, 1.54) is 12.5 Å². The minimum absolute atomic E-state index is 0.0113. The zero-order chi connectivity index (χ0) is 22.5. The van der Waals surface area contributed by atoms with E-state index in [1.54, 1.807) is 0 Å². The third-order valence-corrected chi connectivity index (χ3v) is 4.56. The van der Waals surface area contributed by atoms with Crippen LogP contribution in [0.3, 0.4) is 0 Å². The number of aliphatic carboxylic acids is 1. The van der Waals surface area contributed by atoms with E-state index in [0.717, 1.165) is 0 Å². The van der Waals surface area contributed by atoms with Gasteiger partial charge in [0.25, 0.3) is 0 Å². The molecule has 0 spiro atoms. The maximum absolute atomic E-state index is 12.6. The lowest BCUT2D eigenvalue weighted by atomic mass is 10.1. The van der Waals surface area contributed by atoms with Gasteiger partial charge in [0, 0.05) is 24.1 Å². The van der Waals surface area contributed by atoms with E-state index in [4.69, 9.17) is 11.5 Å². The van der Waals surface area contributed by atoms with Crippen molar-refractivity contribution in [2.24, 2.45) is 11.5 Å². The van der Waals surface area contributed by atoms with Crippen molar-refractivity contribution in [2.45, 2.75) is 43.8 Å². The van der Waals surface area contributed by atoms with E-state index in [1.807, 2.05) is 0 Å². The lowest BCUT2D eigenvalue weighted by molar-refractivity contribution is -0.142. The second kappa shape index (κ2) is 13.6. The second-order valence-corrected chi connectivity index (χ2v) is 6.90. The number of imidazole rings is 1. The highest BCUT2D eigenvalue weighted by molar-refractivity contribution is 7.80. The Morgan fingerprint density at radius 1 is 1.07 bits per heavy atom. The summed E-state index contributed by atoms with van der Waals surface area (Å²) in [6.45, 7) is 0.152. The van der Waals surface area contributed by atoms with E-state index < -0.39 is 41.8 Å². The first-order valence-electron chi connectivity index (χ1n) is 9.43. The van der Waals surface area contributed by atoms with Crippen LogP contribution in [0.5, 0.6) is 0 Å². The van der Waals surface area contributed by atoms with Crippen LogP contribution in [0.25, 0.3) is 0 Å². The fraction of sp³-hybridized carbons (Fsp3) is 0.588. The van der Waals surface area contributed by atoms with Gasteiger partial charge in [-0.3, -0.25) is 14.4 Å². The Bertz CT molecular complexity index is 701. The smallest absolute Gasteiger partial charge is 0.326 e. The average molecular weight is 444 g/mol. The number of aromatic amines is 1. The molecule has 1 aromatic rings. The number of nitrogens with two attached hydrogens (primary N) is 2. The summed E-state index contributed by atoms with van der Waals surface area (Å²) in [6.07, 6.45) is 4.39. The van der Waals surface area contributed by atoms with Gasteiger partial charge in [0.15, 0.2) is 0 Å². The molecule has 9 N–H and O–H groups in total. The number of thiol groups is 1. The van der Waals surface area contributed by atoms with Crippen molar-refractivity contribution in [3.8, 4) is 0 Å². The van der Waals surface area contributed by atoms with Gasteiger partial charge in [0.2, 0.25) is 17.7 Å². The zero-order valence-corrected chi connectivity index (χ0v) is 17.4. The minimum atomic E-state index is -1.24. The molecule has 3 unspecified atom stereocenters. The van der Waals surface area contributed by atoms with Crippen LogP contribution >= 0.6 is 12.6 Å². The van der Waals surface area contributed by atoms with Crippen molar-refractivity contribution in [1.82, 2.24) is 25.9 Å². The topological polar surface area (TPSA) is 205 Å². The van der Waals surface area contributed by atoms with Crippen LogP contribution < -0.4 is 27.4 Å². The summed E-state index contributed by atoms with van der Waals surface area (Å²) in [5.41, 5.74) is 11.3. The summed E-state index contributed by atoms with van der Waals surface area (Å²) in [7, 11) is 0. The number of nitrogens with one attached hydrogen (secondary N) is 4. The van der Waals surface area contributed by atoms with Crippen LogP contribution in [-0.4, -0.2) is 75.7 Å². The van der Waals surface area contributed by atoms with Crippen molar-refractivity contribution in [2.75, 3.05) is 18.8 Å². The third kappa shape index (κ3) is 8.80. The quantitative estimate of drug-likeness (QED) is 0.114. The van der Waals surface area contributed by atoms with Crippen molar-refractivity contribution >= 4 is 36.3 Å². The molecule has 168 valence electrons. The highest BCUT2D eigenvalue weighted by Crippen LogP contribution is 2.04. The molecule has 3 amide bonds. The van der Waals surface area contributed by atoms with Crippen molar-refractivity contribution in [3.05, 3.63) is 18.2 Å². The van der Waals surface area contributed by atoms with Gasteiger partial charge in [0.05, 0.1) is 12.9 Å². The zero-order valence-electron chi connectivity index (χ0n) is 16.5. The van der Waals surface area contributed by atoms with Gasteiger partial charge >= 0.3 is 5.97 Å². The fourth-order valence-corrected chi connectivity index (χ4v) is 2.83. The number of hydrogen-bond donors (Lipinski definition) is 8. The molecule has 0 aromatic carbocycles. The number of H-pyrrole nitrogens is 1. The van der Waals surface area contributed by atoms with E-state index >= 15 is 0 Å². The molecule has 0 aliphatic carbocycles. The molecule has 1 aromatic heterocycles. The summed E-state index contributed by atoms with van der Waals surface area (Å²) in [5, 5.41) is 16.8. The van der Waals surface area contributed by atoms with Crippen molar-refractivity contribution in [1.29, 1.82) is 0 Å². The van der Waals surface area contributed by atoms with Gasteiger partial charge in [0.1, 0.15) is 18.1 Å². The molecule has 3 atom stereocenters. The van der Waals surface area contributed by atoms with Gasteiger partial charge < -0.3 is 37.5 Å². The summed E-state index contributed by atoms with van der Waals surface area (Å²) in [5.74, 6) is -3.13. The number of carboxylic acid groups (broad SMARTS) is 1. The largest absolute Gasteiger partial charge is 0.480 e. The number of aromatic nitrogens is 2. The predicted molar refractivity (Wildman–Crippen MR) is 112 cm³/mol. The lowest BCUT2D eigenvalue weighted by Crippen LogP contribution is -2.57. The molecule has 0 fully saturated rings. The van der Waals surface area contributed by atoms with E-state index in [2.05, 4.69) is 38.5 Å². The first-order chi connectivity index (χ1) is 14.3. The van der Waals surface area contributed by atoms with Gasteiger partial charge in [-0.05, 0) is 25.8 Å². The highest BCUT2D eigenvalue weighted by atomic mass is 32.1. The van der Waals surface area contributed by atoms with Gasteiger partial charge in [-0.1, -0.05) is 0 Å². The van der Waals surface area contributed by atoms with Gasteiger partial charge in [-0.15, -0.1) is 0 Å². The number of hydrogen-bond acceptors (Lipinski definition) is 8. The van der Waals surface area contributed by atoms with E-state index in [9.17, 15) is 24.3 Å². The summed E-state index contributed by atoms with van der Waals surface area (Å²) >= 11 is 4.07. The number of carbonyl (C=O) groups excluding carboxylic acids is 3. The lowest BCUT2D eigenvalue weighted by Gasteiger charge is -2.23. The van der Waals surface area contributed by atoms with Crippen LogP contribution in [0.1, 0.15) is 25.0 Å². The summed E-state index contributed by atoms with van der Waals surface area (Å²) < 4.78 is 0. The molecule has 13 heteroatoms. The minimum Gasteiger partial charge on any atom is -0.480 e. The predicted octanol–water partition coefficient (Wildman–Crippen LogP) is -2.49. The standard InChI is InChI=1S/C17H29N7O5S/c18-4-2-1-3-11(22-14(25)6-19)15(26)24-13(8-30)16(27)23-12(17(28)29)5-10-7-20-9-21-10/h7,9,11-13,30H,1-6,8,18-19H2,(H,20,21)(H,22,25)(H,23,27)(H,24,26)(H,28,29). The molecule has 0 aliphatic heterocycles. The Kier molecular flexibility index (Phi) is 11.5. The Labute approximate surface area is 179 Å². The molecule has 12 nitrogen and oxygen atoms in total. The molecule has 0 saturated carbocycles. The second-order valence-electron chi connectivity index (χ2n) is 6.53. The molecule has 0 saturated heterocycles. The molecular formula is C17H29N7O5S. The Morgan fingerprint density at radius 2 is 1.73 bits per heavy atom. The van der Waals surface area contributed by atoms with Crippen LogP contribution in [-0.2, 0) is 25.6 Å². The molecule has 1 heterocycles. The third-order valence-electron chi connectivity index (χ3n) is 4.19. The Balaban J connectivity index is 2.76. The molecule has 30 heavy (non-hydrogen) atoms. The van der Waals surface area contributed by atoms with Crippen LogP contribution in [0.2, 0.25) is 0 Å². The summed E-state index contributed by atoms with van der Waals surface area (Å²) in [4.78, 5) is 54.8. The monoisotopic (exact) mass is 443 g/mol. The molecule has 0 bridgehead atoms.